The molecular weight excluding hydrogens is 220 g/mol. The number of benzene rings is 1. The van der Waals surface area contributed by atoms with Gasteiger partial charge in [-0.1, -0.05) is 0 Å². The Morgan fingerprint density at radius 2 is 2.12 bits per heavy atom. The Labute approximate surface area is 99.2 Å². The van der Waals surface area contributed by atoms with Gasteiger partial charge < -0.3 is 15.4 Å². The molecule has 0 bridgehead atoms. The first-order valence-corrected chi connectivity index (χ1v) is 5.30. The van der Waals surface area contributed by atoms with Gasteiger partial charge in [-0.3, -0.25) is 9.59 Å². The van der Waals surface area contributed by atoms with E-state index in [4.69, 9.17) is 4.74 Å². The predicted octanol–water partition coefficient (Wildman–Crippen LogP) is 1.75. The summed E-state index contributed by atoms with van der Waals surface area (Å²) >= 11 is 0. The van der Waals surface area contributed by atoms with Crippen molar-refractivity contribution >= 4 is 23.2 Å². The lowest BCUT2D eigenvalue weighted by atomic mass is 10.1. The number of rotatable bonds is 1. The van der Waals surface area contributed by atoms with Crippen molar-refractivity contribution in [3.05, 3.63) is 18.2 Å². The van der Waals surface area contributed by atoms with Crippen molar-refractivity contribution in [1.29, 1.82) is 0 Å². The second-order valence-electron chi connectivity index (χ2n) is 4.46. The van der Waals surface area contributed by atoms with Crippen LogP contribution in [0.1, 0.15) is 20.8 Å². The second kappa shape index (κ2) is 3.76. The van der Waals surface area contributed by atoms with Gasteiger partial charge in [-0.25, -0.2) is 0 Å². The molecule has 5 heteroatoms. The first-order valence-electron chi connectivity index (χ1n) is 5.30. The molecule has 0 atom stereocenters. The van der Waals surface area contributed by atoms with Crippen LogP contribution < -0.4 is 15.4 Å². The van der Waals surface area contributed by atoms with E-state index in [1.165, 1.54) is 6.92 Å². The maximum atomic E-state index is 11.7. The van der Waals surface area contributed by atoms with E-state index >= 15 is 0 Å². The number of hydrogen-bond acceptors (Lipinski definition) is 3. The van der Waals surface area contributed by atoms with Crippen molar-refractivity contribution in [3.63, 3.8) is 0 Å². The van der Waals surface area contributed by atoms with Crippen LogP contribution in [0.3, 0.4) is 0 Å². The largest absolute Gasteiger partial charge is 0.476 e. The van der Waals surface area contributed by atoms with Crippen LogP contribution in [0.15, 0.2) is 18.2 Å². The highest BCUT2D eigenvalue weighted by atomic mass is 16.5. The molecule has 0 unspecified atom stereocenters. The van der Waals surface area contributed by atoms with Crippen LogP contribution >= 0.6 is 0 Å². The number of carbonyl (C=O) groups is 2. The van der Waals surface area contributed by atoms with E-state index in [0.717, 1.165) is 0 Å². The number of carbonyl (C=O) groups excluding carboxylic acids is 2. The molecule has 1 aliphatic heterocycles. The summed E-state index contributed by atoms with van der Waals surface area (Å²) in [6.45, 7) is 4.83. The van der Waals surface area contributed by atoms with Gasteiger partial charge in [0.25, 0.3) is 5.91 Å². The molecule has 5 nitrogen and oxygen atoms in total. The molecule has 17 heavy (non-hydrogen) atoms. The lowest BCUT2D eigenvalue weighted by Crippen LogP contribution is -2.45. The molecule has 0 fully saturated rings. The van der Waals surface area contributed by atoms with E-state index in [-0.39, 0.29) is 11.8 Å². The highest BCUT2D eigenvalue weighted by molar-refractivity contribution is 6.01. The van der Waals surface area contributed by atoms with Crippen molar-refractivity contribution in [1.82, 2.24) is 0 Å². The number of hydrogen-bond donors (Lipinski definition) is 2. The molecule has 1 heterocycles. The fraction of sp³-hybridized carbons (Fsp3) is 0.333. The maximum absolute atomic E-state index is 11.7. The molecule has 2 rings (SSSR count). The van der Waals surface area contributed by atoms with Gasteiger partial charge in [-0.15, -0.1) is 0 Å². The van der Waals surface area contributed by atoms with Crippen LogP contribution in [0.4, 0.5) is 11.4 Å². The first kappa shape index (κ1) is 11.4. The average molecular weight is 234 g/mol. The van der Waals surface area contributed by atoms with Crippen molar-refractivity contribution in [2.75, 3.05) is 10.6 Å². The van der Waals surface area contributed by atoms with Gasteiger partial charge in [0, 0.05) is 12.6 Å². The van der Waals surface area contributed by atoms with E-state index in [1.807, 2.05) is 0 Å². The Balaban J connectivity index is 2.32. The van der Waals surface area contributed by atoms with Crippen LogP contribution in [0.5, 0.6) is 5.75 Å². The van der Waals surface area contributed by atoms with Crippen molar-refractivity contribution in [2.45, 2.75) is 26.4 Å². The fourth-order valence-corrected chi connectivity index (χ4v) is 1.59. The average Bonchev–Trinajstić information content (AvgIpc) is 2.19. The third-order valence-electron chi connectivity index (χ3n) is 2.46. The van der Waals surface area contributed by atoms with E-state index in [9.17, 15) is 9.59 Å². The molecule has 0 aromatic heterocycles. The van der Waals surface area contributed by atoms with Crippen LogP contribution in [0.2, 0.25) is 0 Å². The SMILES string of the molecule is CC(=O)Nc1ccc2c(c1)NC(=O)C(C)(C)O2. The normalized spacial score (nSPS) is 16.5. The summed E-state index contributed by atoms with van der Waals surface area (Å²) in [5.41, 5.74) is 0.322. The minimum absolute atomic E-state index is 0.159. The molecule has 0 radical (unpaired) electrons. The van der Waals surface area contributed by atoms with Crippen molar-refractivity contribution in [2.24, 2.45) is 0 Å². The first-order chi connectivity index (χ1) is 7.88. The lowest BCUT2D eigenvalue weighted by Gasteiger charge is -2.31. The van der Waals surface area contributed by atoms with E-state index in [1.54, 1.807) is 32.0 Å². The van der Waals surface area contributed by atoms with Gasteiger partial charge in [0.2, 0.25) is 5.91 Å². The molecule has 0 aliphatic carbocycles. The minimum Gasteiger partial charge on any atom is -0.476 e. The lowest BCUT2D eigenvalue weighted by molar-refractivity contribution is -0.129. The Bertz CT molecular complexity index is 495. The Kier molecular flexibility index (Phi) is 2.53. The summed E-state index contributed by atoms with van der Waals surface area (Å²) in [5.74, 6) is 0.238. The minimum atomic E-state index is -0.872. The van der Waals surface area contributed by atoms with Crippen LogP contribution in [-0.4, -0.2) is 17.4 Å². The van der Waals surface area contributed by atoms with E-state index in [0.29, 0.717) is 17.1 Å². The van der Waals surface area contributed by atoms with E-state index in [2.05, 4.69) is 10.6 Å². The Morgan fingerprint density at radius 3 is 2.76 bits per heavy atom. The zero-order valence-corrected chi connectivity index (χ0v) is 9.96. The summed E-state index contributed by atoms with van der Waals surface area (Å²) in [6, 6.07) is 5.12. The fourth-order valence-electron chi connectivity index (χ4n) is 1.59. The van der Waals surface area contributed by atoms with Gasteiger partial charge in [-0.2, -0.15) is 0 Å². The highest BCUT2D eigenvalue weighted by Gasteiger charge is 2.35. The van der Waals surface area contributed by atoms with Crippen LogP contribution in [0.25, 0.3) is 0 Å². The van der Waals surface area contributed by atoms with Crippen molar-refractivity contribution in [3.8, 4) is 5.75 Å². The van der Waals surface area contributed by atoms with Gasteiger partial charge in [0.05, 0.1) is 5.69 Å². The van der Waals surface area contributed by atoms with Crippen molar-refractivity contribution < 1.29 is 14.3 Å². The van der Waals surface area contributed by atoms with Gasteiger partial charge in [0.1, 0.15) is 5.75 Å². The summed E-state index contributed by atoms with van der Waals surface area (Å²) in [4.78, 5) is 22.6. The number of fused-ring (bicyclic) bond motifs is 1. The van der Waals surface area contributed by atoms with Crippen LogP contribution in [-0.2, 0) is 9.59 Å². The topological polar surface area (TPSA) is 67.4 Å². The Morgan fingerprint density at radius 1 is 1.41 bits per heavy atom. The number of nitrogens with one attached hydrogen (secondary N) is 2. The quantitative estimate of drug-likeness (QED) is 0.778. The molecule has 0 spiro atoms. The third-order valence-corrected chi connectivity index (χ3v) is 2.46. The summed E-state index contributed by atoms with van der Waals surface area (Å²) < 4.78 is 5.57. The molecule has 1 aromatic carbocycles. The molecule has 1 aromatic rings. The number of anilines is 2. The summed E-state index contributed by atoms with van der Waals surface area (Å²) in [5, 5.41) is 5.39. The molecule has 0 saturated heterocycles. The van der Waals surface area contributed by atoms with E-state index < -0.39 is 5.60 Å². The third kappa shape index (κ3) is 2.22. The number of amides is 2. The van der Waals surface area contributed by atoms with Crippen LogP contribution in [0, 0.1) is 0 Å². The smallest absolute Gasteiger partial charge is 0.268 e. The zero-order chi connectivity index (χ0) is 12.6. The molecule has 0 saturated carbocycles. The highest BCUT2D eigenvalue weighted by Crippen LogP contribution is 2.35. The standard InChI is InChI=1S/C12H14N2O3/c1-7(15)13-8-4-5-10-9(6-8)14-11(16)12(2,3)17-10/h4-6H,1-3H3,(H,13,15)(H,14,16). The van der Waals surface area contributed by atoms with Gasteiger partial charge in [-0.05, 0) is 32.0 Å². The monoisotopic (exact) mass is 234 g/mol. The zero-order valence-electron chi connectivity index (χ0n) is 9.96. The molecule has 2 amide bonds. The molecule has 90 valence electrons. The Hall–Kier alpha value is -2.04. The molecule has 2 N–H and O–H groups in total. The van der Waals surface area contributed by atoms with Gasteiger partial charge >= 0.3 is 0 Å². The van der Waals surface area contributed by atoms with Gasteiger partial charge in [0.15, 0.2) is 5.60 Å². The maximum Gasteiger partial charge on any atom is 0.268 e. The molecular formula is C12H14N2O3. The predicted molar refractivity (Wildman–Crippen MR) is 64.1 cm³/mol. The summed E-state index contributed by atoms with van der Waals surface area (Å²) in [7, 11) is 0. The summed E-state index contributed by atoms with van der Waals surface area (Å²) in [6.07, 6.45) is 0. The number of ether oxygens (including phenoxy) is 1. The second-order valence-corrected chi connectivity index (χ2v) is 4.46. The molecule has 1 aliphatic rings.